The summed E-state index contributed by atoms with van der Waals surface area (Å²) in [6.07, 6.45) is -4.99. The van der Waals surface area contributed by atoms with E-state index >= 15 is 0 Å². The third-order valence-electron chi connectivity index (χ3n) is 2.17. The summed E-state index contributed by atoms with van der Waals surface area (Å²) < 4.78 is 55.0. The fraction of sp³-hybridized carbons (Fsp3) is 0.900. The van der Waals surface area contributed by atoms with Gasteiger partial charge < -0.3 is 4.74 Å². The van der Waals surface area contributed by atoms with Gasteiger partial charge in [-0.1, -0.05) is 19.8 Å². The Bertz CT molecular complexity index is 227. The summed E-state index contributed by atoms with van der Waals surface area (Å²) in [4.78, 5) is 11.0. The van der Waals surface area contributed by atoms with Crippen molar-refractivity contribution in [3.63, 3.8) is 0 Å². The molecular weight excluding hydrogens is 228 g/mol. The predicted molar refractivity (Wildman–Crippen MR) is 50.7 cm³/mol. The molecule has 0 aromatic heterocycles. The molecule has 0 aliphatic heterocycles. The number of alkyl halides is 4. The molecule has 16 heavy (non-hydrogen) atoms. The molecule has 0 rings (SSSR count). The second-order valence-corrected chi connectivity index (χ2v) is 3.48. The van der Waals surface area contributed by atoms with Crippen LogP contribution >= 0.6 is 0 Å². The average molecular weight is 244 g/mol. The van der Waals surface area contributed by atoms with Crippen molar-refractivity contribution in [1.29, 1.82) is 0 Å². The van der Waals surface area contributed by atoms with Crippen LogP contribution < -0.4 is 0 Å². The van der Waals surface area contributed by atoms with E-state index in [0.717, 1.165) is 0 Å². The molecule has 96 valence electrons. The van der Waals surface area contributed by atoms with Gasteiger partial charge >= 0.3 is 17.8 Å². The molecule has 6 heteroatoms. The molecular formula is C10H16F4O2. The third-order valence-corrected chi connectivity index (χ3v) is 2.17. The van der Waals surface area contributed by atoms with Gasteiger partial charge in [0.1, 0.15) is 0 Å². The van der Waals surface area contributed by atoms with Gasteiger partial charge in [0.25, 0.3) is 0 Å². The Kier molecular flexibility index (Phi) is 5.75. The summed E-state index contributed by atoms with van der Waals surface area (Å²) in [5.41, 5.74) is -3.86. The maximum Gasteiger partial charge on any atom is 0.433 e. The Morgan fingerprint density at radius 2 is 1.69 bits per heavy atom. The van der Waals surface area contributed by atoms with Crippen LogP contribution in [0.1, 0.15) is 39.5 Å². The molecule has 0 aromatic carbocycles. The number of carbonyl (C=O) groups is 1. The minimum Gasteiger partial charge on any atom is -0.463 e. The molecule has 0 radical (unpaired) electrons. The van der Waals surface area contributed by atoms with Crippen molar-refractivity contribution in [1.82, 2.24) is 0 Å². The maximum atomic E-state index is 13.6. The lowest BCUT2D eigenvalue weighted by molar-refractivity contribution is -0.241. The summed E-state index contributed by atoms with van der Waals surface area (Å²) >= 11 is 0. The lowest BCUT2D eigenvalue weighted by Crippen LogP contribution is -2.49. The van der Waals surface area contributed by atoms with Crippen LogP contribution in [0, 0.1) is 0 Å². The Balaban J connectivity index is 4.68. The molecule has 0 bridgehead atoms. The molecule has 0 aliphatic rings. The number of hydrogen-bond acceptors (Lipinski definition) is 2. The van der Waals surface area contributed by atoms with E-state index in [4.69, 9.17) is 0 Å². The van der Waals surface area contributed by atoms with Gasteiger partial charge in [-0.25, -0.2) is 9.18 Å². The van der Waals surface area contributed by atoms with E-state index < -0.39 is 24.2 Å². The first-order valence-corrected chi connectivity index (χ1v) is 5.22. The molecule has 2 nitrogen and oxygen atoms in total. The van der Waals surface area contributed by atoms with Crippen molar-refractivity contribution >= 4 is 5.97 Å². The van der Waals surface area contributed by atoms with Gasteiger partial charge in [0.15, 0.2) is 0 Å². The van der Waals surface area contributed by atoms with Crippen LogP contribution in [0.2, 0.25) is 0 Å². The first-order chi connectivity index (χ1) is 7.29. The zero-order valence-electron chi connectivity index (χ0n) is 9.36. The van der Waals surface area contributed by atoms with E-state index in [1.54, 1.807) is 6.92 Å². The molecule has 0 saturated carbocycles. The maximum absolute atomic E-state index is 13.6. The zero-order chi connectivity index (χ0) is 12.8. The highest BCUT2D eigenvalue weighted by molar-refractivity contribution is 5.80. The van der Waals surface area contributed by atoms with Crippen molar-refractivity contribution in [3.05, 3.63) is 0 Å². The Morgan fingerprint density at radius 3 is 2.06 bits per heavy atom. The standard InChI is InChI=1S/C10H16F4O2/c1-3-5-6-7-9(11,10(12,13)14)8(15)16-4-2/h3-7H2,1-2H3. The topological polar surface area (TPSA) is 26.3 Å². The molecule has 1 atom stereocenters. The number of carbonyl (C=O) groups excluding carboxylic acids is 1. The second kappa shape index (κ2) is 6.06. The number of hydrogen-bond donors (Lipinski definition) is 0. The largest absolute Gasteiger partial charge is 0.463 e. The predicted octanol–water partition coefficient (Wildman–Crippen LogP) is 3.40. The van der Waals surface area contributed by atoms with E-state index in [9.17, 15) is 22.4 Å². The van der Waals surface area contributed by atoms with Crippen LogP contribution in [0.15, 0.2) is 0 Å². The van der Waals surface area contributed by atoms with Crippen LogP contribution in [-0.4, -0.2) is 24.4 Å². The molecule has 0 N–H and O–H groups in total. The average Bonchev–Trinajstić information content (AvgIpc) is 2.16. The number of ether oxygens (including phenoxy) is 1. The number of rotatable bonds is 6. The van der Waals surface area contributed by atoms with Gasteiger partial charge in [-0.15, -0.1) is 0 Å². The van der Waals surface area contributed by atoms with Gasteiger partial charge in [0, 0.05) is 6.42 Å². The van der Waals surface area contributed by atoms with E-state index in [1.165, 1.54) is 6.92 Å². The van der Waals surface area contributed by atoms with Crippen LogP contribution in [0.25, 0.3) is 0 Å². The quantitative estimate of drug-likeness (QED) is 0.406. The molecule has 0 saturated heterocycles. The van der Waals surface area contributed by atoms with Crippen molar-refractivity contribution in [2.24, 2.45) is 0 Å². The highest BCUT2D eigenvalue weighted by Gasteiger charge is 2.62. The zero-order valence-corrected chi connectivity index (χ0v) is 9.36. The van der Waals surface area contributed by atoms with Crippen molar-refractivity contribution < 1.29 is 27.1 Å². The molecule has 0 aliphatic carbocycles. The van der Waals surface area contributed by atoms with E-state index in [-0.39, 0.29) is 13.0 Å². The second-order valence-electron chi connectivity index (χ2n) is 3.48. The molecule has 0 aromatic rings. The van der Waals surface area contributed by atoms with Crippen LogP contribution in [0.4, 0.5) is 17.6 Å². The highest BCUT2D eigenvalue weighted by Crippen LogP contribution is 2.39. The molecule has 1 unspecified atom stereocenters. The Morgan fingerprint density at radius 1 is 1.12 bits per heavy atom. The molecule has 0 amide bonds. The summed E-state index contributed by atoms with van der Waals surface area (Å²) in [6, 6.07) is 0. The minimum absolute atomic E-state index is 0.00528. The Hall–Kier alpha value is -0.810. The fourth-order valence-electron chi connectivity index (χ4n) is 1.22. The summed E-state index contributed by atoms with van der Waals surface area (Å²) in [6.45, 7) is 2.84. The SMILES string of the molecule is CCCCCC(F)(C(=O)OCC)C(F)(F)F. The van der Waals surface area contributed by atoms with Crippen LogP contribution in [0.5, 0.6) is 0 Å². The van der Waals surface area contributed by atoms with Crippen molar-refractivity contribution in [2.75, 3.05) is 6.61 Å². The first kappa shape index (κ1) is 15.2. The summed E-state index contributed by atoms with van der Waals surface area (Å²) in [7, 11) is 0. The van der Waals surface area contributed by atoms with E-state index in [0.29, 0.717) is 12.8 Å². The van der Waals surface area contributed by atoms with Crippen molar-refractivity contribution in [3.8, 4) is 0 Å². The molecule has 0 fully saturated rings. The van der Waals surface area contributed by atoms with Gasteiger partial charge in [-0.2, -0.15) is 13.2 Å². The Labute approximate surface area is 92.0 Å². The third kappa shape index (κ3) is 3.64. The van der Waals surface area contributed by atoms with Gasteiger partial charge in [-0.3, -0.25) is 0 Å². The summed E-state index contributed by atoms with van der Waals surface area (Å²) in [5.74, 6) is -1.83. The smallest absolute Gasteiger partial charge is 0.433 e. The lowest BCUT2D eigenvalue weighted by Gasteiger charge is -2.25. The fourth-order valence-corrected chi connectivity index (χ4v) is 1.22. The number of halogens is 4. The monoisotopic (exact) mass is 244 g/mol. The molecule has 0 spiro atoms. The first-order valence-electron chi connectivity index (χ1n) is 5.22. The van der Waals surface area contributed by atoms with Gasteiger partial charge in [0.05, 0.1) is 6.61 Å². The lowest BCUT2D eigenvalue weighted by atomic mass is 9.97. The van der Waals surface area contributed by atoms with Gasteiger partial charge in [-0.05, 0) is 13.3 Å². The van der Waals surface area contributed by atoms with Crippen molar-refractivity contribution in [2.45, 2.75) is 51.4 Å². The van der Waals surface area contributed by atoms with Crippen LogP contribution in [0.3, 0.4) is 0 Å². The minimum atomic E-state index is -5.22. The summed E-state index contributed by atoms with van der Waals surface area (Å²) in [5, 5.41) is 0. The van der Waals surface area contributed by atoms with Gasteiger partial charge in [0.2, 0.25) is 0 Å². The highest BCUT2D eigenvalue weighted by atomic mass is 19.4. The van der Waals surface area contributed by atoms with E-state index in [1.807, 2.05) is 0 Å². The van der Waals surface area contributed by atoms with E-state index in [2.05, 4.69) is 4.74 Å². The van der Waals surface area contributed by atoms with Crippen LogP contribution in [-0.2, 0) is 9.53 Å². The molecule has 0 heterocycles. The normalized spacial score (nSPS) is 15.6. The number of unbranched alkanes of at least 4 members (excludes halogenated alkanes) is 2. The number of esters is 1.